The molecule has 3 aromatic heterocycles. The van der Waals surface area contributed by atoms with Crippen LogP contribution < -0.4 is 5.32 Å². The van der Waals surface area contributed by atoms with Gasteiger partial charge < -0.3 is 9.88 Å². The quantitative estimate of drug-likeness (QED) is 0.755. The van der Waals surface area contributed by atoms with Gasteiger partial charge in [0.15, 0.2) is 5.82 Å². The molecule has 134 valence electrons. The molecular formula is C17H22Cl2N6. The highest BCUT2D eigenvalue weighted by Gasteiger charge is 2.15. The van der Waals surface area contributed by atoms with Gasteiger partial charge in [-0.05, 0) is 37.1 Å². The molecule has 0 saturated carbocycles. The molecule has 0 atom stereocenters. The average molecular weight is 381 g/mol. The smallest absolute Gasteiger partial charge is 0.160 e. The Bertz CT molecular complexity index is 760. The van der Waals surface area contributed by atoms with Crippen LogP contribution in [0.1, 0.15) is 17.7 Å². The Hall–Kier alpha value is -1.89. The summed E-state index contributed by atoms with van der Waals surface area (Å²) in [4.78, 5) is 8.69. The Morgan fingerprint density at radius 1 is 1.20 bits per heavy atom. The van der Waals surface area contributed by atoms with Crippen LogP contribution in [-0.2, 0) is 26.1 Å². The number of hydrogen-bond acceptors (Lipinski definition) is 4. The summed E-state index contributed by atoms with van der Waals surface area (Å²) < 4.78 is 4.28. The van der Waals surface area contributed by atoms with Gasteiger partial charge in [0.05, 0.1) is 5.69 Å². The molecule has 0 unspecified atom stereocenters. The summed E-state index contributed by atoms with van der Waals surface area (Å²) in [6.45, 7) is 3.78. The molecule has 1 aliphatic heterocycles. The first kappa shape index (κ1) is 19.4. The number of aromatic nitrogens is 5. The molecule has 0 fully saturated rings. The number of nitrogens with one attached hydrogen (secondary N) is 1. The van der Waals surface area contributed by atoms with Crippen LogP contribution in [0.25, 0.3) is 11.5 Å². The first-order valence-electron chi connectivity index (χ1n) is 8.08. The molecule has 0 saturated heterocycles. The molecule has 4 rings (SSSR count). The van der Waals surface area contributed by atoms with Gasteiger partial charge in [-0.3, -0.25) is 9.67 Å². The molecule has 0 radical (unpaired) electrons. The number of halogens is 2. The predicted molar refractivity (Wildman–Crippen MR) is 102 cm³/mol. The topological polar surface area (TPSA) is 60.6 Å². The zero-order valence-electron chi connectivity index (χ0n) is 13.8. The lowest BCUT2D eigenvalue weighted by Gasteiger charge is -2.06. The van der Waals surface area contributed by atoms with Crippen molar-refractivity contribution in [3.8, 4) is 11.5 Å². The molecule has 0 aliphatic carbocycles. The van der Waals surface area contributed by atoms with Crippen LogP contribution in [0.15, 0.2) is 43.0 Å². The Morgan fingerprint density at radius 2 is 2.12 bits per heavy atom. The van der Waals surface area contributed by atoms with Crippen molar-refractivity contribution in [3.05, 3.63) is 54.2 Å². The fourth-order valence-electron chi connectivity index (χ4n) is 2.99. The Kier molecular flexibility index (Phi) is 6.99. The SMILES string of the molecule is Cl.Cl.c1cncc(CCn2ccnc2-c2cc3n(n2)CCCNC3)c1. The van der Waals surface area contributed by atoms with Crippen LogP contribution in [0.4, 0.5) is 0 Å². The van der Waals surface area contributed by atoms with E-state index in [0.29, 0.717) is 0 Å². The third-order valence-electron chi connectivity index (χ3n) is 4.20. The fourth-order valence-corrected chi connectivity index (χ4v) is 2.99. The van der Waals surface area contributed by atoms with E-state index in [1.165, 1.54) is 11.3 Å². The molecule has 1 N–H and O–H groups in total. The van der Waals surface area contributed by atoms with Crippen LogP contribution in [0.5, 0.6) is 0 Å². The summed E-state index contributed by atoms with van der Waals surface area (Å²) >= 11 is 0. The molecular weight excluding hydrogens is 359 g/mol. The molecule has 6 nitrogen and oxygen atoms in total. The van der Waals surface area contributed by atoms with Crippen molar-refractivity contribution in [1.82, 2.24) is 29.6 Å². The molecule has 4 heterocycles. The number of aryl methyl sites for hydroxylation is 3. The third-order valence-corrected chi connectivity index (χ3v) is 4.20. The maximum absolute atomic E-state index is 4.75. The van der Waals surface area contributed by atoms with Crippen molar-refractivity contribution in [2.45, 2.75) is 32.5 Å². The van der Waals surface area contributed by atoms with Crippen LogP contribution in [0.2, 0.25) is 0 Å². The highest BCUT2D eigenvalue weighted by molar-refractivity contribution is 5.85. The minimum Gasteiger partial charge on any atom is -0.329 e. The molecule has 8 heteroatoms. The van der Waals surface area contributed by atoms with Gasteiger partial charge in [-0.15, -0.1) is 24.8 Å². The highest BCUT2D eigenvalue weighted by atomic mass is 35.5. The lowest BCUT2D eigenvalue weighted by atomic mass is 10.2. The van der Waals surface area contributed by atoms with E-state index in [1.807, 2.05) is 24.7 Å². The number of rotatable bonds is 4. The standard InChI is InChI=1S/C17H20N6.2ClH/c1-3-14(12-18-5-1)4-9-22-10-7-20-17(22)16-11-15-13-19-6-2-8-23(15)21-16;;/h1,3,5,7,10-12,19H,2,4,6,8-9,13H2;2*1H. The third kappa shape index (κ3) is 4.39. The maximum Gasteiger partial charge on any atom is 0.160 e. The fraction of sp³-hybridized carbons (Fsp3) is 0.353. The Balaban J connectivity index is 0.00000113. The van der Waals surface area contributed by atoms with Crippen LogP contribution >= 0.6 is 24.8 Å². The molecule has 1 aliphatic rings. The first-order valence-corrected chi connectivity index (χ1v) is 8.08. The van der Waals surface area contributed by atoms with E-state index in [1.54, 1.807) is 6.20 Å². The monoisotopic (exact) mass is 380 g/mol. The van der Waals surface area contributed by atoms with E-state index >= 15 is 0 Å². The summed E-state index contributed by atoms with van der Waals surface area (Å²) in [5, 5.41) is 8.18. The van der Waals surface area contributed by atoms with Crippen LogP contribution in [0.3, 0.4) is 0 Å². The van der Waals surface area contributed by atoms with E-state index < -0.39 is 0 Å². The van der Waals surface area contributed by atoms with Crippen molar-refractivity contribution in [1.29, 1.82) is 0 Å². The number of pyridine rings is 1. The Morgan fingerprint density at radius 3 is 2.96 bits per heavy atom. The van der Waals surface area contributed by atoms with Gasteiger partial charge >= 0.3 is 0 Å². The first-order chi connectivity index (χ1) is 11.4. The second kappa shape index (κ2) is 8.99. The lowest BCUT2D eigenvalue weighted by molar-refractivity contribution is 0.587. The lowest BCUT2D eigenvalue weighted by Crippen LogP contribution is -2.11. The van der Waals surface area contributed by atoms with Gasteiger partial charge in [0.1, 0.15) is 5.69 Å². The molecule has 0 bridgehead atoms. The van der Waals surface area contributed by atoms with E-state index in [9.17, 15) is 0 Å². The van der Waals surface area contributed by atoms with E-state index in [0.717, 1.165) is 50.5 Å². The van der Waals surface area contributed by atoms with Crippen molar-refractivity contribution < 1.29 is 0 Å². The van der Waals surface area contributed by atoms with Gasteiger partial charge in [0.2, 0.25) is 0 Å². The average Bonchev–Trinajstić information content (AvgIpc) is 3.15. The van der Waals surface area contributed by atoms with Gasteiger partial charge in [-0.1, -0.05) is 6.07 Å². The van der Waals surface area contributed by atoms with E-state index in [2.05, 4.69) is 36.7 Å². The summed E-state index contributed by atoms with van der Waals surface area (Å²) in [5.41, 5.74) is 3.43. The Labute approximate surface area is 159 Å². The molecule has 0 spiro atoms. The maximum atomic E-state index is 4.75. The summed E-state index contributed by atoms with van der Waals surface area (Å²) in [5.74, 6) is 0.939. The molecule has 3 aromatic rings. The van der Waals surface area contributed by atoms with Gasteiger partial charge in [0, 0.05) is 44.4 Å². The molecule has 25 heavy (non-hydrogen) atoms. The molecule has 0 aromatic carbocycles. The zero-order valence-corrected chi connectivity index (χ0v) is 15.5. The number of nitrogens with zero attached hydrogens (tertiary/aromatic N) is 5. The van der Waals surface area contributed by atoms with Gasteiger partial charge in [-0.25, -0.2) is 4.98 Å². The summed E-state index contributed by atoms with van der Waals surface area (Å²) in [7, 11) is 0. The second-order valence-electron chi connectivity index (χ2n) is 5.83. The van der Waals surface area contributed by atoms with Crippen LogP contribution in [-0.4, -0.2) is 30.9 Å². The van der Waals surface area contributed by atoms with Crippen molar-refractivity contribution in [2.24, 2.45) is 0 Å². The number of imidazole rings is 1. The van der Waals surface area contributed by atoms with Crippen molar-refractivity contribution >= 4 is 24.8 Å². The number of hydrogen-bond donors (Lipinski definition) is 1. The van der Waals surface area contributed by atoms with E-state index in [-0.39, 0.29) is 24.8 Å². The van der Waals surface area contributed by atoms with Gasteiger partial charge in [-0.2, -0.15) is 5.10 Å². The second-order valence-corrected chi connectivity index (χ2v) is 5.83. The zero-order chi connectivity index (χ0) is 15.5. The summed E-state index contributed by atoms with van der Waals surface area (Å²) in [6.07, 6.45) is 9.64. The summed E-state index contributed by atoms with van der Waals surface area (Å²) in [6, 6.07) is 6.24. The highest BCUT2D eigenvalue weighted by Crippen LogP contribution is 2.19. The van der Waals surface area contributed by atoms with Crippen molar-refractivity contribution in [3.63, 3.8) is 0 Å². The number of fused-ring (bicyclic) bond motifs is 1. The normalized spacial score (nSPS) is 13.3. The van der Waals surface area contributed by atoms with E-state index in [4.69, 9.17) is 5.10 Å². The largest absolute Gasteiger partial charge is 0.329 e. The van der Waals surface area contributed by atoms with Crippen LogP contribution in [0, 0.1) is 0 Å². The minimum atomic E-state index is 0. The predicted octanol–water partition coefficient (Wildman–Crippen LogP) is 2.72. The van der Waals surface area contributed by atoms with Gasteiger partial charge in [0.25, 0.3) is 0 Å². The van der Waals surface area contributed by atoms with Crippen molar-refractivity contribution in [2.75, 3.05) is 6.54 Å². The molecule has 0 amide bonds. The minimum absolute atomic E-state index is 0.